The molecule has 1 heterocycles. The van der Waals surface area contributed by atoms with E-state index in [-0.39, 0.29) is 18.2 Å². The maximum atomic E-state index is 12.8. The molecular formula is C20H22N4O2. The number of anilines is 1. The topological polar surface area (TPSA) is 69.0 Å². The lowest BCUT2D eigenvalue weighted by molar-refractivity contribution is 0.101. The number of aryl methyl sites for hydroxylation is 2. The zero-order valence-corrected chi connectivity index (χ0v) is 15.2. The Morgan fingerprint density at radius 3 is 2.58 bits per heavy atom. The number of ether oxygens (including phenoxy) is 1. The van der Waals surface area contributed by atoms with Gasteiger partial charge in [-0.25, -0.2) is 4.68 Å². The third-order valence-electron chi connectivity index (χ3n) is 4.18. The standard InChI is InChI=1S/C20H22N4O2/c1-4-15-7-5-6-8-17(15)21-20(25)19-18(13-26-3)24(23-22-19)16-11-9-14(2)10-12-16/h5-12H,4,13H2,1-3H3,(H,21,25). The molecule has 0 bridgehead atoms. The van der Waals surface area contributed by atoms with Crippen LogP contribution in [0.3, 0.4) is 0 Å². The average molecular weight is 350 g/mol. The van der Waals surface area contributed by atoms with Crippen LogP contribution in [0.1, 0.15) is 34.2 Å². The Bertz CT molecular complexity index is 900. The highest BCUT2D eigenvalue weighted by atomic mass is 16.5. The summed E-state index contributed by atoms with van der Waals surface area (Å²) in [5.74, 6) is -0.295. The Labute approximate surface area is 152 Å². The van der Waals surface area contributed by atoms with E-state index in [1.807, 2.05) is 55.5 Å². The van der Waals surface area contributed by atoms with Crippen molar-refractivity contribution in [3.63, 3.8) is 0 Å². The fourth-order valence-corrected chi connectivity index (χ4v) is 2.77. The average Bonchev–Trinajstić information content (AvgIpc) is 3.07. The number of hydrogen-bond acceptors (Lipinski definition) is 4. The van der Waals surface area contributed by atoms with Gasteiger partial charge in [-0.15, -0.1) is 5.10 Å². The van der Waals surface area contributed by atoms with Gasteiger partial charge in [-0.3, -0.25) is 4.79 Å². The van der Waals surface area contributed by atoms with E-state index in [0.29, 0.717) is 5.69 Å². The molecule has 0 atom stereocenters. The largest absolute Gasteiger partial charge is 0.378 e. The van der Waals surface area contributed by atoms with Gasteiger partial charge in [-0.05, 0) is 37.1 Å². The minimum absolute atomic E-state index is 0.235. The van der Waals surface area contributed by atoms with Gasteiger partial charge in [-0.1, -0.05) is 48.0 Å². The van der Waals surface area contributed by atoms with E-state index in [0.717, 1.165) is 28.9 Å². The molecule has 0 unspecified atom stereocenters. The molecule has 2 aromatic carbocycles. The zero-order valence-electron chi connectivity index (χ0n) is 15.2. The van der Waals surface area contributed by atoms with E-state index in [1.54, 1.807) is 11.8 Å². The number of carbonyl (C=O) groups excluding carboxylic acids is 1. The molecule has 0 fully saturated rings. The summed E-state index contributed by atoms with van der Waals surface area (Å²) >= 11 is 0. The first-order valence-electron chi connectivity index (χ1n) is 8.53. The molecule has 0 spiro atoms. The number of nitrogens with zero attached hydrogens (tertiary/aromatic N) is 3. The summed E-state index contributed by atoms with van der Waals surface area (Å²) in [5, 5.41) is 11.2. The molecule has 6 heteroatoms. The first kappa shape index (κ1) is 17.8. The molecule has 1 amide bonds. The number of rotatable bonds is 6. The van der Waals surface area contributed by atoms with Crippen LogP contribution in [0.5, 0.6) is 0 Å². The Hall–Kier alpha value is -2.99. The van der Waals surface area contributed by atoms with Crippen molar-refractivity contribution >= 4 is 11.6 Å². The molecule has 26 heavy (non-hydrogen) atoms. The number of hydrogen-bond donors (Lipinski definition) is 1. The molecular weight excluding hydrogens is 328 g/mol. The molecule has 1 aromatic heterocycles. The van der Waals surface area contributed by atoms with Gasteiger partial charge in [0.25, 0.3) is 5.91 Å². The third-order valence-corrected chi connectivity index (χ3v) is 4.18. The van der Waals surface area contributed by atoms with Crippen LogP contribution in [-0.2, 0) is 17.8 Å². The Kier molecular flexibility index (Phi) is 5.43. The lowest BCUT2D eigenvalue weighted by Crippen LogP contribution is -2.17. The van der Waals surface area contributed by atoms with Crippen molar-refractivity contribution in [1.29, 1.82) is 0 Å². The van der Waals surface area contributed by atoms with E-state index in [4.69, 9.17) is 4.74 Å². The van der Waals surface area contributed by atoms with Crippen LogP contribution in [-0.4, -0.2) is 28.0 Å². The molecule has 3 aromatic rings. The number of carbonyl (C=O) groups is 1. The van der Waals surface area contributed by atoms with Crippen molar-refractivity contribution in [2.75, 3.05) is 12.4 Å². The highest BCUT2D eigenvalue weighted by Crippen LogP contribution is 2.19. The summed E-state index contributed by atoms with van der Waals surface area (Å²) in [6.07, 6.45) is 0.831. The van der Waals surface area contributed by atoms with E-state index in [9.17, 15) is 4.79 Å². The number of aromatic nitrogens is 3. The number of para-hydroxylation sites is 1. The third kappa shape index (κ3) is 3.65. The van der Waals surface area contributed by atoms with Crippen molar-refractivity contribution < 1.29 is 9.53 Å². The second kappa shape index (κ2) is 7.93. The lowest BCUT2D eigenvalue weighted by atomic mass is 10.1. The van der Waals surface area contributed by atoms with Gasteiger partial charge >= 0.3 is 0 Å². The SMILES string of the molecule is CCc1ccccc1NC(=O)c1nnn(-c2ccc(C)cc2)c1COC. The van der Waals surface area contributed by atoms with Crippen LogP contribution in [0.2, 0.25) is 0 Å². The molecule has 134 valence electrons. The van der Waals surface area contributed by atoms with Crippen LogP contribution >= 0.6 is 0 Å². The second-order valence-electron chi connectivity index (χ2n) is 6.03. The smallest absolute Gasteiger partial charge is 0.278 e. The summed E-state index contributed by atoms with van der Waals surface area (Å²) < 4.78 is 6.92. The van der Waals surface area contributed by atoms with E-state index >= 15 is 0 Å². The van der Waals surface area contributed by atoms with E-state index < -0.39 is 0 Å². The molecule has 0 radical (unpaired) electrons. The van der Waals surface area contributed by atoms with Crippen molar-refractivity contribution in [1.82, 2.24) is 15.0 Å². The molecule has 0 saturated heterocycles. The Balaban J connectivity index is 1.94. The summed E-state index contributed by atoms with van der Waals surface area (Å²) in [7, 11) is 1.58. The highest BCUT2D eigenvalue weighted by Gasteiger charge is 2.21. The van der Waals surface area contributed by atoms with Gasteiger partial charge in [0, 0.05) is 12.8 Å². The molecule has 0 aliphatic heterocycles. The van der Waals surface area contributed by atoms with Crippen molar-refractivity contribution in [3.05, 3.63) is 71.0 Å². The maximum absolute atomic E-state index is 12.8. The molecule has 0 saturated carbocycles. The minimum Gasteiger partial charge on any atom is -0.378 e. The Morgan fingerprint density at radius 1 is 1.15 bits per heavy atom. The van der Waals surface area contributed by atoms with E-state index in [1.165, 1.54) is 0 Å². The van der Waals surface area contributed by atoms with Crippen LogP contribution < -0.4 is 5.32 Å². The zero-order chi connectivity index (χ0) is 18.5. The summed E-state index contributed by atoms with van der Waals surface area (Å²) in [6, 6.07) is 15.6. The highest BCUT2D eigenvalue weighted by molar-refractivity contribution is 6.04. The molecule has 6 nitrogen and oxygen atoms in total. The molecule has 3 rings (SSSR count). The van der Waals surface area contributed by atoms with Crippen LogP contribution in [0.25, 0.3) is 5.69 Å². The first-order valence-corrected chi connectivity index (χ1v) is 8.53. The summed E-state index contributed by atoms with van der Waals surface area (Å²) in [4.78, 5) is 12.8. The van der Waals surface area contributed by atoms with Crippen LogP contribution in [0.15, 0.2) is 48.5 Å². The summed E-state index contributed by atoms with van der Waals surface area (Å²) in [6.45, 7) is 4.30. The van der Waals surface area contributed by atoms with Gasteiger partial charge in [0.1, 0.15) is 5.69 Å². The fourth-order valence-electron chi connectivity index (χ4n) is 2.77. The van der Waals surface area contributed by atoms with Gasteiger partial charge in [0.2, 0.25) is 0 Å². The first-order chi connectivity index (χ1) is 12.6. The lowest BCUT2D eigenvalue weighted by Gasteiger charge is -2.10. The van der Waals surface area contributed by atoms with Crippen molar-refractivity contribution in [2.45, 2.75) is 26.9 Å². The van der Waals surface area contributed by atoms with Gasteiger partial charge in [0.05, 0.1) is 12.3 Å². The van der Waals surface area contributed by atoms with Gasteiger partial charge in [-0.2, -0.15) is 0 Å². The predicted octanol–water partition coefficient (Wildman–Crippen LogP) is 3.54. The number of nitrogens with one attached hydrogen (secondary N) is 1. The normalized spacial score (nSPS) is 10.7. The maximum Gasteiger partial charge on any atom is 0.278 e. The summed E-state index contributed by atoms with van der Waals surface area (Å²) in [5.41, 5.74) is 4.72. The quantitative estimate of drug-likeness (QED) is 0.738. The molecule has 0 aliphatic carbocycles. The second-order valence-corrected chi connectivity index (χ2v) is 6.03. The fraction of sp³-hybridized carbons (Fsp3) is 0.250. The van der Waals surface area contributed by atoms with Crippen molar-refractivity contribution in [3.8, 4) is 5.69 Å². The number of benzene rings is 2. The Morgan fingerprint density at radius 2 is 1.88 bits per heavy atom. The monoisotopic (exact) mass is 350 g/mol. The minimum atomic E-state index is -0.295. The van der Waals surface area contributed by atoms with Gasteiger partial charge in [0.15, 0.2) is 5.69 Å². The van der Waals surface area contributed by atoms with Crippen LogP contribution in [0, 0.1) is 6.92 Å². The number of methoxy groups -OCH3 is 1. The number of amides is 1. The van der Waals surface area contributed by atoms with E-state index in [2.05, 4.69) is 22.6 Å². The predicted molar refractivity (Wildman–Crippen MR) is 101 cm³/mol. The van der Waals surface area contributed by atoms with Crippen molar-refractivity contribution in [2.24, 2.45) is 0 Å². The van der Waals surface area contributed by atoms with Crippen LogP contribution in [0.4, 0.5) is 5.69 Å². The van der Waals surface area contributed by atoms with Gasteiger partial charge < -0.3 is 10.1 Å². The molecule has 1 N–H and O–H groups in total. The molecule has 0 aliphatic rings.